The van der Waals surface area contributed by atoms with E-state index in [1.165, 1.54) is 12.1 Å². The largest absolute Gasteiger partial charge is 0.349 e. The Hall–Kier alpha value is -0.800. The molecule has 2 nitrogen and oxygen atoms in total. The van der Waals surface area contributed by atoms with Crippen molar-refractivity contribution in [3.05, 3.63) is 34.6 Å². The van der Waals surface area contributed by atoms with E-state index in [4.69, 9.17) is 23.2 Å². The lowest BCUT2D eigenvalue weighted by Crippen LogP contribution is -2.49. The lowest BCUT2D eigenvalue weighted by molar-refractivity contribution is -0.122. The number of benzene rings is 1. The van der Waals surface area contributed by atoms with Crippen LogP contribution in [0.15, 0.2) is 18.2 Å². The van der Waals surface area contributed by atoms with E-state index in [1.54, 1.807) is 6.07 Å². The Bertz CT molecular complexity index is 419. The molecule has 0 heterocycles. The summed E-state index contributed by atoms with van der Waals surface area (Å²) in [7, 11) is 0. The number of nitrogens with one attached hydrogen (secondary N) is 1. The molecule has 0 unspecified atom stereocenters. The van der Waals surface area contributed by atoms with Crippen LogP contribution in [0.25, 0.3) is 0 Å². The first-order chi connectivity index (χ1) is 8.98. The summed E-state index contributed by atoms with van der Waals surface area (Å²) in [6.45, 7) is 3.92. The van der Waals surface area contributed by atoms with Gasteiger partial charge in [0.15, 0.2) is 0 Å². The molecule has 106 valence electrons. The fourth-order valence-electron chi connectivity index (χ4n) is 1.85. The standard InChI is InChI=1S/C14H18Cl2FNO/c1-3-14(4-2,9-15)18-13(19)8-10-11(16)6-5-7-12(10)17/h5-7H,3-4,8-9H2,1-2H3,(H,18,19). The summed E-state index contributed by atoms with van der Waals surface area (Å²) in [5.74, 6) is -0.403. The quantitative estimate of drug-likeness (QED) is 0.793. The zero-order valence-corrected chi connectivity index (χ0v) is 12.6. The maximum atomic E-state index is 13.6. The van der Waals surface area contributed by atoms with Crippen molar-refractivity contribution < 1.29 is 9.18 Å². The summed E-state index contributed by atoms with van der Waals surface area (Å²) >= 11 is 11.8. The van der Waals surface area contributed by atoms with E-state index in [9.17, 15) is 9.18 Å². The van der Waals surface area contributed by atoms with E-state index in [0.717, 1.165) is 12.8 Å². The minimum atomic E-state index is -0.466. The van der Waals surface area contributed by atoms with Crippen LogP contribution in [0.3, 0.4) is 0 Å². The molecule has 0 aromatic heterocycles. The molecule has 5 heteroatoms. The molecule has 0 bridgehead atoms. The molecule has 0 fully saturated rings. The van der Waals surface area contributed by atoms with Gasteiger partial charge in [-0.25, -0.2) is 4.39 Å². The first-order valence-electron chi connectivity index (χ1n) is 6.28. The second kappa shape index (κ2) is 7.11. The Morgan fingerprint density at radius 1 is 1.37 bits per heavy atom. The van der Waals surface area contributed by atoms with Crippen molar-refractivity contribution in [3.8, 4) is 0 Å². The minimum absolute atomic E-state index is 0.0792. The van der Waals surface area contributed by atoms with Crippen molar-refractivity contribution in [2.45, 2.75) is 38.6 Å². The molecule has 0 radical (unpaired) electrons. The maximum Gasteiger partial charge on any atom is 0.225 e. The van der Waals surface area contributed by atoms with Gasteiger partial charge in [0, 0.05) is 16.5 Å². The number of hydrogen-bond acceptors (Lipinski definition) is 1. The van der Waals surface area contributed by atoms with Crippen molar-refractivity contribution in [3.63, 3.8) is 0 Å². The van der Waals surface area contributed by atoms with Gasteiger partial charge < -0.3 is 5.32 Å². The van der Waals surface area contributed by atoms with Gasteiger partial charge in [-0.1, -0.05) is 31.5 Å². The molecule has 1 aromatic rings. The highest BCUT2D eigenvalue weighted by Gasteiger charge is 2.27. The summed E-state index contributed by atoms with van der Waals surface area (Å²) in [6.07, 6.45) is 1.37. The zero-order valence-electron chi connectivity index (χ0n) is 11.1. The molecule has 0 saturated carbocycles. The number of halogens is 3. The molecular formula is C14H18Cl2FNO. The van der Waals surface area contributed by atoms with Crippen LogP contribution in [0, 0.1) is 5.82 Å². The first-order valence-corrected chi connectivity index (χ1v) is 7.19. The van der Waals surface area contributed by atoms with E-state index in [2.05, 4.69) is 5.32 Å². The van der Waals surface area contributed by atoms with Crippen LogP contribution >= 0.6 is 23.2 Å². The van der Waals surface area contributed by atoms with Crippen LogP contribution in [-0.2, 0) is 11.2 Å². The second-order valence-electron chi connectivity index (χ2n) is 4.55. The predicted octanol–water partition coefficient (Wildman–Crippen LogP) is 3.94. The Kier molecular flexibility index (Phi) is 6.08. The molecule has 1 amide bonds. The van der Waals surface area contributed by atoms with Crippen LogP contribution in [-0.4, -0.2) is 17.3 Å². The SMILES string of the molecule is CCC(CC)(CCl)NC(=O)Cc1c(F)cccc1Cl. The summed E-state index contributed by atoms with van der Waals surface area (Å²) in [5, 5.41) is 3.15. The maximum absolute atomic E-state index is 13.6. The Balaban J connectivity index is 2.81. The van der Waals surface area contributed by atoms with E-state index in [-0.39, 0.29) is 22.9 Å². The van der Waals surface area contributed by atoms with Crippen LogP contribution in [0.2, 0.25) is 5.02 Å². The average molecular weight is 306 g/mol. The molecule has 1 aromatic carbocycles. The van der Waals surface area contributed by atoms with Crippen LogP contribution < -0.4 is 5.32 Å². The second-order valence-corrected chi connectivity index (χ2v) is 5.22. The van der Waals surface area contributed by atoms with E-state index < -0.39 is 11.4 Å². The Morgan fingerprint density at radius 2 is 2.00 bits per heavy atom. The van der Waals surface area contributed by atoms with E-state index in [0.29, 0.717) is 5.88 Å². The molecule has 1 N–H and O–H groups in total. The highest BCUT2D eigenvalue weighted by atomic mass is 35.5. The van der Waals surface area contributed by atoms with Gasteiger partial charge >= 0.3 is 0 Å². The number of carbonyl (C=O) groups is 1. The fourth-order valence-corrected chi connectivity index (χ4v) is 2.53. The van der Waals surface area contributed by atoms with Gasteiger partial charge in [-0.05, 0) is 25.0 Å². The van der Waals surface area contributed by atoms with Crippen molar-refractivity contribution >= 4 is 29.1 Å². The molecular weight excluding hydrogens is 288 g/mol. The third-order valence-corrected chi connectivity index (χ3v) is 4.28. The van der Waals surface area contributed by atoms with Crippen molar-refractivity contribution in [2.24, 2.45) is 0 Å². The molecule has 0 saturated heterocycles. The summed E-state index contributed by atoms with van der Waals surface area (Å²) in [6, 6.07) is 4.38. The number of hydrogen-bond donors (Lipinski definition) is 1. The molecule has 19 heavy (non-hydrogen) atoms. The van der Waals surface area contributed by atoms with Gasteiger partial charge in [-0.2, -0.15) is 0 Å². The Morgan fingerprint density at radius 3 is 2.47 bits per heavy atom. The number of alkyl halides is 1. The molecule has 0 aliphatic heterocycles. The molecule has 1 rings (SSSR count). The van der Waals surface area contributed by atoms with Crippen LogP contribution in [0.5, 0.6) is 0 Å². The number of rotatable bonds is 6. The molecule has 0 aliphatic rings. The minimum Gasteiger partial charge on any atom is -0.349 e. The summed E-state index contributed by atoms with van der Waals surface area (Å²) in [5.41, 5.74) is -0.214. The molecule has 0 spiro atoms. The lowest BCUT2D eigenvalue weighted by atomic mass is 9.94. The first kappa shape index (κ1) is 16.3. The smallest absolute Gasteiger partial charge is 0.225 e. The third kappa shape index (κ3) is 4.08. The average Bonchev–Trinajstić information content (AvgIpc) is 2.41. The van der Waals surface area contributed by atoms with E-state index in [1.807, 2.05) is 13.8 Å². The van der Waals surface area contributed by atoms with Gasteiger partial charge in [-0.15, -0.1) is 11.6 Å². The lowest BCUT2D eigenvalue weighted by Gasteiger charge is -2.30. The Labute approximate surface area is 123 Å². The monoisotopic (exact) mass is 305 g/mol. The van der Waals surface area contributed by atoms with Gasteiger partial charge in [0.1, 0.15) is 5.82 Å². The highest BCUT2D eigenvalue weighted by Crippen LogP contribution is 2.21. The van der Waals surface area contributed by atoms with Gasteiger partial charge in [0.25, 0.3) is 0 Å². The predicted molar refractivity (Wildman–Crippen MR) is 77.3 cm³/mol. The normalized spacial score (nSPS) is 11.4. The zero-order chi connectivity index (χ0) is 14.5. The number of carbonyl (C=O) groups excluding carboxylic acids is 1. The topological polar surface area (TPSA) is 29.1 Å². The molecule has 0 atom stereocenters. The third-order valence-electron chi connectivity index (χ3n) is 3.41. The van der Waals surface area contributed by atoms with Crippen molar-refractivity contribution in [1.82, 2.24) is 5.32 Å². The van der Waals surface area contributed by atoms with Crippen LogP contribution in [0.4, 0.5) is 4.39 Å². The molecule has 0 aliphatic carbocycles. The fraction of sp³-hybridized carbons (Fsp3) is 0.500. The summed E-state index contributed by atoms with van der Waals surface area (Å²) in [4.78, 5) is 12.0. The summed E-state index contributed by atoms with van der Waals surface area (Å²) < 4.78 is 13.6. The highest BCUT2D eigenvalue weighted by molar-refractivity contribution is 6.31. The number of amides is 1. The van der Waals surface area contributed by atoms with Crippen molar-refractivity contribution in [2.75, 3.05) is 5.88 Å². The van der Waals surface area contributed by atoms with Gasteiger partial charge in [-0.3, -0.25) is 4.79 Å². The van der Waals surface area contributed by atoms with Crippen molar-refractivity contribution in [1.29, 1.82) is 0 Å². The van der Waals surface area contributed by atoms with Gasteiger partial charge in [0.05, 0.1) is 12.0 Å². The van der Waals surface area contributed by atoms with Gasteiger partial charge in [0.2, 0.25) is 5.91 Å². The van der Waals surface area contributed by atoms with Crippen LogP contribution in [0.1, 0.15) is 32.3 Å². The van der Waals surface area contributed by atoms with E-state index >= 15 is 0 Å².